The fraction of sp³-hybridized carbons (Fsp3) is 0.900. The maximum Gasteiger partial charge on any atom is 0.306 e. The van der Waals surface area contributed by atoms with Crippen LogP contribution in [-0.2, 0) is 15.0 Å². The molecule has 17 heavy (non-hydrogen) atoms. The molecule has 0 aromatic heterocycles. The van der Waals surface area contributed by atoms with Crippen LogP contribution < -0.4 is 4.72 Å². The van der Waals surface area contributed by atoms with Gasteiger partial charge in [-0.25, -0.2) is 4.72 Å². The Morgan fingerprint density at radius 3 is 2.29 bits per heavy atom. The zero-order valence-electron chi connectivity index (χ0n) is 10.6. The molecule has 0 radical (unpaired) electrons. The van der Waals surface area contributed by atoms with E-state index in [0.717, 1.165) is 0 Å². The molecule has 0 bridgehead atoms. The van der Waals surface area contributed by atoms with Crippen LogP contribution in [0.15, 0.2) is 0 Å². The largest absolute Gasteiger partial charge is 0.481 e. The summed E-state index contributed by atoms with van der Waals surface area (Å²) in [4.78, 5) is 10.5. The predicted molar refractivity (Wildman–Crippen MR) is 65.9 cm³/mol. The fourth-order valence-electron chi connectivity index (χ4n) is 1.39. The Bertz CT molecular complexity index is 325. The summed E-state index contributed by atoms with van der Waals surface area (Å²) in [6.07, 6.45) is 0.990. The highest BCUT2D eigenvalue weighted by Gasteiger charge is 2.17. The van der Waals surface area contributed by atoms with Crippen molar-refractivity contribution in [3.8, 4) is 0 Å². The lowest BCUT2D eigenvalue weighted by molar-refractivity contribution is -0.141. The number of nitrogens with one attached hydrogen (secondary N) is 1. The van der Waals surface area contributed by atoms with E-state index < -0.39 is 22.1 Å². The second-order valence-electron chi connectivity index (χ2n) is 3.87. The van der Waals surface area contributed by atoms with Gasteiger partial charge in [-0.3, -0.25) is 4.79 Å². The van der Waals surface area contributed by atoms with Crippen molar-refractivity contribution in [3.63, 3.8) is 0 Å². The van der Waals surface area contributed by atoms with Crippen molar-refractivity contribution in [2.75, 3.05) is 19.6 Å². The monoisotopic (exact) mass is 266 g/mol. The first kappa shape index (κ1) is 16.3. The molecule has 102 valence electrons. The minimum atomic E-state index is -3.40. The lowest BCUT2D eigenvalue weighted by Crippen LogP contribution is -2.40. The molecule has 7 heteroatoms. The average molecular weight is 266 g/mol. The maximum absolute atomic E-state index is 11.7. The van der Waals surface area contributed by atoms with Crippen LogP contribution in [0.2, 0.25) is 0 Å². The third kappa shape index (κ3) is 5.99. The van der Waals surface area contributed by atoms with Gasteiger partial charge >= 0.3 is 5.97 Å². The van der Waals surface area contributed by atoms with Crippen molar-refractivity contribution in [2.24, 2.45) is 5.92 Å². The zero-order chi connectivity index (χ0) is 13.5. The Balaban J connectivity index is 4.00. The lowest BCUT2D eigenvalue weighted by Gasteiger charge is -2.18. The van der Waals surface area contributed by atoms with E-state index in [1.807, 2.05) is 0 Å². The van der Waals surface area contributed by atoms with Crippen LogP contribution in [0.1, 0.15) is 33.6 Å². The van der Waals surface area contributed by atoms with Crippen LogP contribution in [0.25, 0.3) is 0 Å². The van der Waals surface area contributed by atoms with Gasteiger partial charge in [0.05, 0.1) is 5.92 Å². The summed E-state index contributed by atoms with van der Waals surface area (Å²) >= 11 is 0. The van der Waals surface area contributed by atoms with Gasteiger partial charge in [0.2, 0.25) is 0 Å². The molecule has 0 aromatic carbocycles. The second kappa shape index (κ2) is 7.62. The minimum absolute atomic E-state index is 0.274. The van der Waals surface area contributed by atoms with E-state index in [2.05, 4.69) is 4.72 Å². The Morgan fingerprint density at radius 1 is 1.35 bits per heavy atom. The zero-order valence-corrected chi connectivity index (χ0v) is 11.5. The van der Waals surface area contributed by atoms with E-state index in [0.29, 0.717) is 25.9 Å². The van der Waals surface area contributed by atoms with Crippen molar-refractivity contribution in [2.45, 2.75) is 33.6 Å². The van der Waals surface area contributed by atoms with E-state index in [-0.39, 0.29) is 6.54 Å². The number of hydrogen-bond donors (Lipinski definition) is 2. The number of rotatable bonds is 9. The number of aliphatic carboxylic acids is 1. The van der Waals surface area contributed by atoms with E-state index in [9.17, 15) is 13.2 Å². The third-order valence-corrected chi connectivity index (χ3v) is 4.33. The Hall–Kier alpha value is -0.660. The third-order valence-electron chi connectivity index (χ3n) is 2.57. The first-order chi connectivity index (χ1) is 7.85. The van der Waals surface area contributed by atoms with Crippen LogP contribution in [0.4, 0.5) is 0 Å². The van der Waals surface area contributed by atoms with E-state index >= 15 is 0 Å². The summed E-state index contributed by atoms with van der Waals surface area (Å²) in [5.41, 5.74) is 0. The van der Waals surface area contributed by atoms with Crippen molar-refractivity contribution in [3.05, 3.63) is 0 Å². The molecule has 1 atom stereocenters. The molecule has 0 heterocycles. The first-order valence-electron chi connectivity index (χ1n) is 5.82. The van der Waals surface area contributed by atoms with Gasteiger partial charge in [0.25, 0.3) is 10.2 Å². The predicted octanol–water partition coefficient (Wildman–Crippen LogP) is 0.664. The van der Waals surface area contributed by atoms with Gasteiger partial charge in [0, 0.05) is 19.6 Å². The number of carboxylic acid groups (broad SMARTS) is 1. The lowest BCUT2D eigenvalue weighted by atomic mass is 10.1. The normalized spacial score (nSPS) is 13.9. The van der Waals surface area contributed by atoms with Crippen LogP contribution >= 0.6 is 0 Å². The second-order valence-corrected chi connectivity index (χ2v) is 5.62. The molecular formula is C10H22N2O4S. The highest BCUT2D eigenvalue weighted by Crippen LogP contribution is 2.05. The van der Waals surface area contributed by atoms with Crippen LogP contribution in [0, 0.1) is 5.92 Å². The van der Waals surface area contributed by atoms with Gasteiger partial charge in [-0.1, -0.05) is 20.8 Å². The molecule has 0 saturated heterocycles. The Labute approximate surface area is 103 Å². The van der Waals surface area contributed by atoms with Crippen LogP contribution in [-0.4, -0.2) is 43.4 Å². The molecule has 0 fully saturated rings. The molecule has 0 aromatic rings. The van der Waals surface area contributed by atoms with E-state index in [4.69, 9.17) is 5.11 Å². The van der Waals surface area contributed by atoms with Crippen LogP contribution in [0.5, 0.6) is 0 Å². The van der Waals surface area contributed by atoms with Gasteiger partial charge in [-0.05, 0) is 12.8 Å². The topological polar surface area (TPSA) is 86.7 Å². The number of carboxylic acids is 1. The molecule has 0 spiro atoms. The molecule has 0 saturated carbocycles. The quantitative estimate of drug-likeness (QED) is 0.600. The van der Waals surface area contributed by atoms with Crippen molar-refractivity contribution in [1.82, 2.24) is 9.03 Å². The smallest absolute Gasteiger partial charge is 0.306 e. The van der Waals surface area contributed by atoms with Crippen molar-refractivity contribution < 1.29 is 18.3 Å². The number of hydrogen-bond acceptors (Lipinski definition) is 3. The number of carbonyl (C=O) groups is 1. The Morgan fingerprint density at radius 2 is 1.88 bits per heavy atom. The van der Waals surface area contributed by atoms with Gasteiger partial charge in [0.1, 0.15) is 0 Å². The molecule has 1 unspecified atom stereocenters. The summed E-state index contributed by atoms with van der Waals surface area (Å²) in [6, 6.07) is 0. The fourth-order valence-corrected chi connectivity index (χ4v) is 2.65. The van der Waals surface area contributed by atoms with Gasteiger partial charge in [0.15, 0.2) is 0 Å². The Kier molecular flexibility index (Phi) is 7.33. The molecule has 2 N–H and O–H groups in total. The molecule has 0 aliphatic rings. The SMILES string of the molecule is CCN(CC)S(=O)(=O)NCCCC(C)C(=O)O. The van der Waals surface area contributed by atoms with Crippen LogP contribution in [0.3, 0.4) is 0 Å². The highest BCUT2D eigenvalue weighted by molar-refractivity contribution is 7.87. The maximum atomic E-state index is 11.7. The molecule has 6 nitrogen and oxygen atoms in total. The van der Waals surface area contributed by atoms with E-state index in [1.54, 1.807) is 20.8 Å². The van der Waals surface area contributed by atoms with Gasteiger partial charge in [-0.2, -0.15) is 12.7 Å². The average Bonchev–Trinajstić information content (AvgIpc) is 2.25. The summed E-state index contributed by atoms with van der Waals surface area (Å²) < 4.78 is 27.1. The molecule has 0 aliphatic carbocycles. The van der Waals surface area contributed by atoms with Gasteiger partial charge < -0.3 is 5.11 Å². The molecule has 0 amide bonds. The summed E-state index contributed by atoms with van der Waals surface area (Å²) in [7, 11) is -3.40. The summed E-state index contributed by atoms with van der Waals surface area (Å²) in [5.74, 6) is -1.29. The van der Waals surface area contributed by atoms with Gasteiger partial charge in [-0.15, -0.1) is 0 Å². The first-order valence-corrected chi connectivity index (χ1v) is 7.26. The van der Waals surface area contributed by atoms with Crippen molar-refractivity contribution >= 4 is 16.2 Å². The molecular weight excluding hydrogens is 244 g/mol. The molecule has 0 rings (SSSR count). The standard InChI is InChI=1S/C10H22N2O4S/c1-4-12(5-2)17(15,16)11-8-6-7-9(3)10(13)14/h9,11H,4-8H2,1-3H3,(H,13,14). The number of nitrogens with zero attached hydrogens (tertiary/aromatic N) is 1. The minimum Gasteiger partial charge on any atom is -0.481 e. The van der Waals surface area contributed by atoms with E-state index in [1.165, 1.54) is 4.31 Å². The molecule has 0 aliphatic heterocycles. The summed E-state index contributed by atoms with van der Waals surface area (Å²) in [6.45, 7) is 6.29. The van der Waals surface area contributed by atoms with Crippen molar-refractivity contribution in [1.29, 1.82) is 0 Å². The highest BCUT2D eigenvalue weighted by atomic mass is 32.2. The summed E-state index contributed by atoms with van der Waals surface area (Å²) in [5, 5.41) is 8.66.